The fourth-order valence-corrected chi connectivity index (χ4v) is 1.81. The summed E-state index contributed by atoms with van der Waals surface area (Å²) in [4.78, 5) is 11.1. The van der Waals surface area contributed by atoms with Gasteiger partial charge in [0.25, 0.3) is 0 Å². The molecule has 1 saturated carbocycles. The molecule has 0 spiro atoms. The quantitative estimate of drug-likeness (QED) is 0.440. The molecular weight excluding hydrogens is 267 g/mol. The Morgan fingerprint density at radius 2 is 2.25 bits per heavy atom. The van der Waals surface area contributed by atoms with Crippen LogP contribution in [0.5, 0.6) is 0 Å². The maximum atomic E-state index is 11.1. The van der Waals surface area contributed by atoms with Crippen LogP contribution < -0.4 is 0 Å². The van der Waals surface area contributed by atoms with E-state index in [1.807, 2.05) is 0 Å². The van der Waals surface area contributed by atoms with Crippen LogP contribution in [0.25, 0.3) is 0 Å². The molecule has 0 aromatic rings. The van der Waals surface area contributed by atoms with Crippen LogP contribution in [-0.2, 0) is 9.53 Å². The highest BCUT2D eigenvalue weighted by atomic mass is 127. The zero-order valence-electron chi connectivity index (χ0n) is 7.44. The fourth-order valence-electron chi connectivity index (χ4n) is 1.37. The van der Waals surface area contributed by atoms with Gasteiger partial charge in [0.15, 0.2) is 0 Å². The monoisotopic (exact) mass is 282 g/mol. The van der Waals surface area contributed by atoms with Crippen LogP contribution in [0.1, 0.15) is 39.0 Å². The first-order valence-corrected chi connectivity index (χ1v) is 6.03. The molecule has 0 aromatic carbocycles. The minimum Gasteiger partial charge on any atom is -0.459 e. The second-order valence-electron chi connectivity index (χ2n) is 3.35. The summed E-state index contributed by atoms with van der Waals surface area (Å²) in [5.41, 5.74) is -0.0301. The van der Waals surface area contributed by atoms with E-state index in [0.717, 1.165) is 30.1 Å². The smallest absolute Gasteiger partial charge is 0.307 e. The van der Waals surface area contributed by atoms with Crippen LogP contribution in [0.4, 0.5) is 0 Å². The molecule has 0 aliphatic heterocycles. The van der Waals surface area contributed by atoms with Gasteiger partial charge in [-0.2, -0.15) is 0 Å². The number of hydrogen-bond donors (Lipinski definition) is 0. The Labute approximate surface area is 87.2 Å². The Hall–Kier alpha value is 0.200. The van der Waals surface area contributed by atoms with Gasteiger partial charge in [0.2, 0.25) is 0 Å². The van der Waals surface area contributed by atoms with Crippen molar-refractivity contribution in [3.05, 3.63) is 0 Å². The molecule has 0 bridgehead atoms. The van der Waals surface area contributed by atoms with Crippen molar-refractivity contribution in [2.45, 2.75) is 44.6 Å². The van der Waals surface area contributed by atoms with Crippen LogP contribution in [-0.4, -0.2) is 16.0 Å². The molecule has 1 fully saturated rings. The summed E-state index contributed by atoms with van der Waals surface area (Å²) >= 11 is 2.20. The molecule has 2 nitrogen and oxygen atoms in total. The van der Waals surface area contributed by atoms with Crippen molar-refractivity contribution in [3.63, 3.8) is 0 Å². The summed E-state index contributed by atoms with van der Waals surface area (Å²) < 4.78 is 6.25. The number of halogens is 1. The molecule has 0 saturated heterocycles. The number of alkyl halides is 1. The second-order valence-corrected chi connectivity index (χ2v) is 4.42. The highest BCUT2D eigenvalue weighted by Crippen LogP contribution is 2.43. The van der Waals surface area contributed by atoms with Gasteiger partial charge in [0, 0.05) is 4.43 Å². The van der Waals surface area contributed by atoms with E-state index in [2.05, 4.69) is 29.5 Å². The molecule has 0 atom stereocenters. The minimum atomic E-state index is -0.0301. The third-order valence-corrected chi connectivity index (χ3v) is 2.68. The van der Waals surface area contributed by atoms with Crippen molar-refractivity contribution in [1.82, 2.24) is 0 Å². The zero-order valence-corrected chi connectivity index (χ0v) is 9.59. The average Bonchev–Trinajstić information content (AvgIpc) is 2.70. The Balaban J connectivity index is 2.25. The predicted octanol–water partition coefficient (Wildman–Crippen LogP) is 2.69. The van der Waals surface area contributed by atoms with E-state index in [9.17, 15) is 4.79 Å². The van der Waals surface area contributed by atoms with E-state index in [1.165, 1.54) is 0 Å². The predicted molar refractivity (Wildman–Crippen MR) is 56.5 cm³/mol. The Kier molecular flexibility index (Phi) is 3.80. The molecule has 0 unspecified atom stereocenters. The van der Waals surface area contributed by atoms with Gasteiger partial charge in [0.05, 0.1) is 6.42 Å². The number of carbonyl (C=O) groups is 1. The lowest BCUT2D eigenvalue weighted by atomic mass is 10.2. The van der Waals surface area contributed by atoms with Crippen molar-refractivity contribution in [2.75, 3.05) is 4.43 Å². The van der Waals surface area contributed by atoms with E-state index in [1.54, 1.807) is 0 Å². The van der Waals surface area contributed by atoms with Gasteiger partial charge < -0.3 is 4.74 Å². The van der Waals surface area contributed by atoms with Crippen molar-refractivity contribution in [3.8, 4) is 0 Å². The SMILES string of the molecule is CCCC1(OC(=O)CCI)CC1. The summed E-state index contributed by atoms with van der Waals surface area (Å²) in [7, 11) is 0. The van der Waals surface area contributed by atoms with Crippen LogP contribution in [0.15, 0.2) is 0 Å². The third kappa shape index (κ3) is 2.92. The number of ether oxygens (including phenoxy) is 1. The van der Waals surface area contributed by atoms with Crippen LogP contribution in [0.2, 0.25) is 0 Å². The van der Waals surface area contributed by atoms with Gasteiger partial charge in [-0.25, -0.2) is 0 Å². The lowest BCUT2D eigenvalue weighted by Crippen LogP contribution is -2.19. The Morgan fingerprint density at radius 3 is 2.67 bits per heavy atom. The van der Waals surface area contributed by atoms with E-state index in [-0.39, 0.29) is 11.6 Å². The van der Waals surface area contributed by atoms with Gasteiger partial charge in [-0.15, -0.1) is 0 Å². The average molecular weight is 282 g/mol. The first kappa shape index (κ1) is 10.3. The molecule has 0 aromatic heterocycles. The standard InChI is InChI=1S/C9H15IO2/c1-2-4-9(5-6-9)12-8(11)3-7-10/h2-7H2,1H3. The number of carbonyl (C=O) groups excluding carboxylic acids is 1. The van der Waals surface area contributed by atoms with Gasteiger partial charge in [0.1, 0.15) is 5.60 Å². The number of hydrogen-bond acceptors (Lipinski definition) is 2. The Morgan fingerprint density at radius 1 is 1.58 bits per heavy atom. The van der Waals surface area contributed by atoms with Gasteiger partial charge in [-0.3, -0.25) is 4.79 Å². The molecular formula is C9H15IO2. The van der Waals surface area contributed by atoms with E-state index in [0.29, 0.717) is 6.42 Å². The van der Waals surface area contributed by atoms with Crippen LogP contribution >= 0.6 is 22.6 Å². The van der Waals surface area contributed by atoms with Crippen molar-refractivity contribution < 1.29 is 9.53 Å². The van der Waals surface area contributed by atoms with Gasteiger partial charge in [-0.05, 0) is 19.3 Å². The normalized spacial score (nSPS) is 18.8. The highest BCUT2D eigenvalue weighted by Gasteiger charge is 2.45. The van der Waals surface area contributed by atoms with E-state index >= 15 is 0 Å². The summed E-state index contributed by atoms with van der Waals surface area (Å²) in [6, 6.07) is 0. The van der Waals surface area contributed by atoms with Crippen molar-refractivity contribution in [1.29, 1.82) is 0 Å². The zero-order chi connectivity index (χ0) is 9.03. The highest BCUT2D eigenvalue weighted by molar-refractivity contribution is 14.1. The first-order chi connectivity index (χ1) is 5.72. The minimum absolute atomic E-state index is 0.0182. The molecule has 12 heavy (non-hydrogen) atoms. The number of rotatable bonds is 5. The lowest BCUT2D eigenvalue weighted by Gasteiger charge is -2.14. The fraction of sp³-hybridized carbons (Fsp3) is 0.889. The molecule has 0 amide bonds. The van der Waals surface area contributed by atoms with Crippen LogP contribution in [0, 0.1) is 0 Å². The van der Waals surface area contributed by atoms with Gasteiger partial charge in [-0.1, -0.05) is 35.9 Å². The summed E-state index contributed by atoms with van der Waals surface area (Å²) in [6.07, 6.45) is 4.87. The Bertz CT molecular complexity index is 164. The van der Waals surface area contributed by atoms with E-state index < -0.39 is 0 Å². The molecule has 1 rings (SSSR count). The largest absolute Gasteiger partial charge is 0.459 e. The second kappa shape index (κ2) is 4.44. The van der Waals surface area contributed by atoms with Crippen LogP contribution in [0.3, 0.4) is 0 Å². The van der Waals surface area contributed by atoms with Crippen molar-refractivity contribution in [2.24, 2.45) is 0 Å². The molecule has 0 radical (unpaired) electrons. The number of esters is 1. The molecule has 3 heteroatoms. The molecule has 1 aliphatic carbocycles. The summed E-state index contributed by atoms with van der Waals surface area (Å²) in [5, 5.41) is 0. The summed E-state index contributed by atoms with van der Waals surface area (Å²) in [6.45, 7) is 2.13. The lowest BCUT2D eigenvalue weighted by molar-refractivity contribution is -0.151. The molecule has 0 heterocycles. The van der Waals surface area contributed by atoms with Gasteiger partial charge >= 0.3 is 5.97 Å². The third-order valence-electron chi connectivity index (χ3n) is 2.14. The van der Waals surface area contributed by atoms with E-state index in [4.69, 9.17) is 4.74 Å². The maximum Gasteiger partial charge on any atom is 0.307 e. The van der Waals surface area contributed by atoms with Crippen molar-refractivity contribution >= 4 is 28.6 Å². The maximum absolute atomic E-state index is 11.1. The molecule has 1 aliphatic rings. The summed E-state index contributed by atoms with van der Waals surface area (Å²) in [5.74, 6) is -0.0182. The topological polar surface area (TPSA) is 26.3 Å². The first-order valence-electron chi connectivity index (χ1n) is 4.50. The molecule has 70 valence electrons. The molecule has 0 N–H and O–H groups in total.